The Morgan fingerprint density at radius 1 is 1.24 bits per heavy atom. The number of β-amino-alcohol motifs (C(OH)–C–C–N with tert-alkyl or cyclic N) is 1. The number of amides is 1. The van der Waals surface area contributed by atoms with Crippen molar-refractivity contribution in [3.8, 4) is 0 Å². The van der Waals surface area contributed by atoms with Crippen molar-refractivity contribution in [2.45, 2.75) is 25.9 Å². The minimum absolute atomic E-state index is 0.0389. The van der Waals surface area contributed by atoms with Crippen LogP contribution in [0.5, 0.6) is 0 Å². The molecule has 1 fully saturated rings. The second kappa shape index (κ2) is 6.54. The zero-order chi connectivity index (χ0) is 15.5. The van der Waals surface area contributed by atoms with E-state index in [0.29, 0.717) is 25.2 Å². The van der Waals surface area contributed by atoms with Gasteiger partial charge in [-0.15, -0.1) is 0 Å². The number of halogens is 1. The normalized spacial score (nSPS) is 17.0. The first-order chi connectivity index (χ1) is 9.85. The Morgan fingerprint density at radius 2 is 1.86 bits per heavy atom. The van der Waals surface area contributed by atoms with Gasteiger partial charge in [-0.05, 0) is 25.5 Å². The molecule has 1 aliphatic heterocycles. The predicted octanol–water partition coefficient (Wildman–Crippen LogP) is 1.28. The molecular formula is C16H23FN2O2. The van der Waals surface area contributed by atoms with Gasteiger partial charge in [0.1, 0.15) is 5.82 Å². The van der Waals surface area contributed by atoms with Crippen molar-refractivity contribution in [3.63, 3.8) is 0 Å². The largest absolute Gasteiger partial charge is 0.389 e. The molecule has 1 N–H and O–H groups in total. The summed E-state index contributed by atoms with van der Waals surface area (Å²) in [7, 11) is 0. The second-order valence-electron chi connectivity index (χ2n) is 6.24. The molecule has 0 aromatic heterocycles. The number of aliphatic hydroxyl groups is 1. The van der Waals surface area contributed by atoms with E-state index < -0.39 is 5.60 Å². The van der Waals surface area contributed by atoms with Gasteiger partial charge in [-0.1, -0.05) is 18.2 Å². The van der Waals surface area contributed by atoms with Crippen LogP contribution in [0.4, 0.5) is 4.39 Å². The molecule has 116 valence electrons. The molecule has 0 unspecified atom stereocenters. The average Bonchev–Trinajstić information content (AvgIpc) is 2.40. The van der Waals surface area contributed by atoms with E-state index in [2.05, 4.69) is 4.90 Å². The lowest BCUT2D eigenvalue weighted by Crippen LogP contribution is -2.52. The van der Waals surface area contributed by atoms with E-state index in [4.69, 9.17) is 0 Å². The van der Waals surface area contributed by atoms with Gasteiger partial charge in [0.2, 0.25) is 5.91 Å². The average molecular weight is 294 g/mol. The summed E-state index contributed by atoms with van der Waals surface area (Å²) in [6.07, 6.45) is 0.109. The second-order valence-corrected chi connectivity index (χ2v) is 6.24. The smallest absolute Gasteiger partial charge is 0.227 e. The molecule has 0 bridgehead atoms. The third kappa shape index (κ3) is 4.79. The molecule has 1 aromatic carbocycles. The standard InChI is InChI=1S/C16H23FN2O2/c1-16(2,21)12-18-7-9-19(10-8-18)15(20)11-13-5-3-4-6-14(13)17/h3-6,21H,7-12H2,1-2H3. The SMILES string of the molecule is CC(C)(O)CN1CCN(C(=O)Cc2ccccc2F)CC1. The van der Waals surface area contributed by atoms with Crippen molar-refractivity contribution in [2.24, 2.45) is 0 Å². The van der Waals surface area contributed by atoms with Crippen LogP contribution >= 0.6 is 0 Å². The fourth-order valence-electron chi connectivity index (χ4n) is 2.62. The van der Waals surface area contributed by atoms with Crippen molar-refractivity contribution in [1.82, 2.24) is 9.80 Å². The molecule has 1 aromatic rings. The molecule has 0 spiro atoms. The molecule has 1 saturated heterocycles. The van der Waals surface area contributed by atoms with Crippen LogP contribution in [-0.2, 0) is 11.2 Å². The van der Waals surface area contributed by atoms with E-state index in [9.17, 15) is 14.3 Å². The van der Waals surface area contributed by atoms with Gasteiger partial charge < -0.3 is 10.0 Å². The van der Waals surface area contributed by atoms with Gasteiger partial charge in [0.25, 0.3) is 0 Å². The number of piperazine rings is 1. The Morgan fingerprint density at radius 3 is 2.43 bits per heavy atom. The first-order valence-electron chi connectivity index (χ1n) is 7.31. The lowest BCUT2D eigenvalue weighted by atomic mass is 10.1. The summed E-state index contributed by atoms with van der Waals surface area (Å²) in [5, 5.41) is 9.81. The maximum absolute atomic E-state index is 13.6. The summed E-state index contributed by atoms with van der Waals surface area (Å²) in [4.78, 5) is 16.1. The van der Waals surface area contributed by atoms with E-state index >= 15 is 0 Å². The van der Waals surface area contributed by atoms with Crippen LogP contribution in [0.3, 0.4) is 0 Å². The highest BCUT2D eigenvalue weighted by molar-refractivity contribution is 5.79. The molecule has 1 amide bonds. The topological polar surface area (TPSA) is 43.8 Å². The molecule has 21 heavy (non-hydrogen) atoms. The summed E-state index contributed by atoms with van der Waals surface area (Å²) in [6, 6.07) is 6.40. The minimum atomic E-state index is -0.723. The molecule has 5 heteroatoms. The highest BCUT2D eigenvalue weighted by Gasteiger charge is 2.25. The fraction of sp³-hybridized carbons (Fsp3) is 0.562. The van der Waals surface area contributed by atoms with Gasteiger partial charge in [0.05, 0.1) is 12.0 Å². The highest BCUT2D eigenvalue weighted by atomic mass is 19.1. The number of carbonyl (C=O) groups excluding carboxylic acids is 1. The maximum atomic E-state index is 13.6. The lowest BCUT2D eigenvalue weighted by Gasteiger charge is -2.37. The fourth-order valence-corrected chi connectivity index (χ4v) is 2.62. The summed E-state index contributed by atoms with van der Waals surface area (Å²) in [6.45, 7) is 6.90. The van der Waals surface area contributed by atoms with Gasteiger partial charge >= 0.3 is 0 Å². The first kappa shape index (κ1) is 15.9. The third-order valence-corrected chi connectivity index (χ3v) is 3.64. The molecule has 4 nitrogen and oxygen atoms in total. The third-order valence-electron chi connectivity index (χ3n) is 3.64. The lowest BCUT2D eigenvalue weighted by molar-refractivity contribution is -0.132. The Bertz CT molecular complexity index is 491. The molecule has 1 heterocycles. The van der Waals surface area contributed by atoms with Crippen LogP contribution in [0.25, 0.3) is 0 Å². The molecule has 2 rings (SSSR count). The van der Waals surface area contributed by atoms with Crippen molar-refractivity contribution in [1.29, 1.82) is 0 Å². The van der Waals surface area contributed by atoms with Crippen LogP contribution < -0.4 is 0 Å². The van der Waals surface area contributed by atoms with Crippen LogP contribution in [0.15, 0.2) is 24.3 Å². The number of hydrogen-bond acceptors (Lipinski definition) is 3. The van der Waals surface area contributed by atoms with E-state index in [0.717, 1.165) is 13.1 Å². The van der Waals surface area contributed by atoms with E-state index in [1.165, 1.54) is 6.07 Å². The van der Waals surface area contributed by atoms with Crippen molar-refractivity contribution in [2.75, 3.05) is 32.7 Å². The molecular weight excluding hydrogens is 271 g/mol. The van der Waals surface area contributed by atoms with Gasteiger partial charge in [-0.3, -0.25) is 9.69 Å². The number of nitrogens with zero attached hydrogens (tertiary/aromatic N) is 2. The summed E-state index contributed by atoms with van der Waals surface area (Å²) < 4.78 is 13.6. The van der Waals surface area contributed by atoms with E-state index in [1.54, 1.807) is 36.9 Å². The zero-order valence-corrected chi connectivity index (χ0v) is 12.7. The van der Waals surface area contributed by atoms with Crippen LogP contribution in [0.2, 0.25) is 0 Å². The summed E-state index contributed by atoms with van der Waals surface area (Å²) in [5.41, 5.74) is -0.277. The highest BCUT2D eigenvalue weighted by Crippen LogP contribution is 2.12. The molecule has 0 radical (unpaired) electrons. The predicted molar refractivity (Wildman–Crippen MR) is 79.4 cm³/mol. The number of hydrogen-bond donors (Lipinski definition) is 1. The quantitative estimate of drug-likeness (QED) is 0.910. The van der Waals surface area contributed by atoms with Crippen molar-refractivity contribution in [3.05, 3.63) is 35.6 Å². The summed E-state index contributed by atoms with van der Waals surface area (Å²) >= 11 is 0. The van der Waals surface area contributed by atoms with Gasteiger partial charge in [0.15, 0.2) is 0 Å². The Kier molecular flexibility index (Phi) is 4.96. The Balaban J connectivity index is 1.85. The molecule has 0 aliphatic carbocycles. The summed E-state index contributed by atoms with van der Waals surface area (Å²) in [5.74, 6) is -0.366. The molecule has 0 atom stereocenters. The maximum Gasteiger partial charge on any atom is 0.227 e. The Labute approximate surface area is 125 Å². The monoisotopic (exact) mass is 294 g/mol. The number of rotatable bonds is 4. The van der Waals surface area contributed by atoms with Gasteiger partial charge in [-0.25, -0.2) is 4.39 Å². The molecule has 0 saturated carbocycles. The van der Waals surface area contributed by atoms with Crippen LogP contribution in [-0.4, -0.2) is 59.1 Å². The van der Waals surface area contributed by atoms with Crippen LogP contribution in [0.1, 0.15) is 19.4 Å². The zero-order valence-electron chi connectivity index (χ0n) is 12.7. The van der Waals surface area contributed by atoms with Crippen molar-refractivity contribution < 1.29 is 14.3 Å². The van der Waals surface area contributed by atoms with E-state index in [-0.39, 0.29) is 18.1 Å². The number of carbonyl (C=O) groups is 1. The van der Waals surface area contributed by atoms with Crippen LogP contribution in [0, 0.1) is 5.82 Å². The van der Waals surface area contributed by atoms with Gasteiger partial charge in [-0.2, -0.15) is 0 Å². The number of benzene rings is 1. The van der Waals surface area contributed by atoms with Gasteiger partial charge in [0, 0.05) is 32.7 Å². The molecule has 1 aliphatic rings. The Hall–Kier alpha value is -1.46. The van der Waals surface area contributed by atoms with E-state index in [1.807, 2.05) is 0 Å². The first-order valence-corrected chi connectivity index (χ1v) is 7.31. The van der Waals surface area contributed by atoms with Crippen molar-refractivity contribution >= 4 is 5.91 Å². The minimum Gasteiger partial charge on any atom is -0.389 e.